The van der Waals surface area contributed by atoms with Gasteiger partial charge in [-0.3, -0.25) is 9.59 Å². The molecule has 2 aromatic rings. The van der Waals surface area contributed by atoms with E-state index in [1.807, 2.05) is 23.6 Å². The maximum atomic E-state index is 12.3. The number of esters is 1. The van der Waals surface area contributed by atoms with Gasteiger partial charge in [0.25, 0.3) is 0 Å². The first-order valence-electron chi connectivity index (χ1n) is 8.83. The molecule has 0 saturated heterocycles. The number of carbonyl (C=O) groups is 3. The minimum Gasteiger partial charge on any atom is -0.460 e. The van der Waals surface area contributed by atoms with Crippen LogP contribution in [0.5, 0.6) is 0 Å². The van der Waals surface area contributed by atoms with E-state index in [0.29, 0.717) is 22.4 Å². The number of thiophene rings is 1. The van der Waals surface area contributed by atoms with Crippen LogP contribution in [0.4, 0.5) is 0 Å². The van der Waals surface area contributed by atoms with Gasteiger partial charge >= 0.3 is 5.97 Å². The van der Waals surface area contributed by atoms with Gasteiger partial charge in [0.15, 0.2) is 5.78 Å². The monoisotopic (exact) mass is 396 g/mol. The molecule has 0 aliphatic carbocycles. The van der Waals surface area contributed by atoms with Gasteiger partial charge in [0.1, 0.15) is 6.61 Å². The fourth-order valence-corrected chi connectivity index (χ4v) is 3.28. The third-order valence-electron chi connectivity index (χ3n) is 4.00. The molecule has 1 aromatic heterocycles. The Kier molecular flexibility index (Phi) is 6.75. The van der Waals surface area contributed by atoms with Crippen molar-refractivity contribution in [3.63, 3.8) is 0 Å². The Balaban J connectivity index is 1.44. The fraction of sp³-hybridized carbons (Fsp3) is 0.190. The summed E-state index contributed by atoms with van der Waals surface area (Å²) >= 11 is 1.40. The van der Waals surface area contributed by atoms with Crippen molar-refractivity contribution >= 4 is 29.0 Å². The zero-order valence-electron chi connectivity index (χ0n) is 15.2. The maximum Gasteiger partial charge on any atom is 0.338 e. The Labute approximate surface area is 167 Å². The van der Waals surface area contributed by atoms with Crippen molar-refractivity contribution in [3.8, 4) is 0 Å². The van der Waals surface area contributed by atoms with Gasteiger partial charge in [-0.05, 0) is 30.0 Å². The van der Waals surface area contributed by atoms with E-state index in [9.17, 15) is 14.4 Å². The van der Waals surface area contributed by atoms with Crippen molar-refractivity contribution in [1.82, 2.24) is 10.2 Å². The number of hydrogen-bond acceptors (Lipinski definition) is 6. The quantitative estimate of drug-likeness (QED) is 0.422. The average molecular weight is 396 g/mol. The summed E-state index contributed by atoms with van der Waals surface area (Å²) in [7, 11) is 0. The number of nitrogens with one attached hydrogen (secondary N) is 1. The topological polar surface area (TPSA) is 75.7 Å². The van der Waals surface area contributed by atoms with Crippen molar-refractivity contribution in [2.24, 2.45) is 0 Å². The number of nitrogens with zero attached hydrogens (tertiary/aromatic N) is 1. The van der Waals surface area contributed by atoms with Crippen molar-refractivity contribution in [1.29, 1.82) is 0 Å². The first kappa shape index (κ1) is 19.6. The molecule has 1 N–H and O–H groups in total. The molecule has 3 rings (SSSR count). The molecular formula is C21H20N2O4S. The second kappa shape index (κ2) is 9.66. The van der Waals surface area contributed by atoms with Gasteiger partial charge in [0.05, 0.1) is 23.5 Å². The van der Waals surface area contributed by atoms with E-state index in [4.69, 9.17) is 4.74 Å². The van der Waals surface area contributed by atoms with Crippen molar-refractivity contribution in [2.45, 2.75) is 6.42 Å². The molecule has 1 aliphatic heterocycles. The molecule has 0 unspecified atom stereocenters. The Morgan fingerprint density at radius 3 is 2.68 bits per heavy atom. The number of benzene rings is 1. The molecule has 0 radical (unpaired) electrons. The molecule has 6 nitrogen and oxygen atoms in total. The number of rotatable bonds is 8. The number of allylic oxidation sites excluding steroid dienone is 1. The van der Waals surface area contributed by atoms with E-state index in [1.165, 1.54) is 11.3 Å². The zero-order valence-corrected chi connectivity index (χ0v) is 16.0. The Morgan fingerprint density at radius 1 is 1.11 bits per heavy atom. The van der Waals surface area contributed by atoms with Gasteiger partial charge in [-0.25, -0.2) is 4.79 Å². The minimum absolute atomic E-state index is 0.00498. The summed E-state index contributed by atoms with van der Waals surface area (Å²) in [6.45, 7) is 0.484. The SMILES string of the molecule is O=C(NCCOC(=O)c1ccccc1)C1=CN(CC(=O)c2cccs2)C=CC1. The van der Waals surface area contributed by atoms with Gasteiger partial charge in [-0.1, -0.05) is 30.3 Å². The first-order chi connectivity index (χ1) is 13.6. The number of Topliss-reactive ketones (excluding diaryl/α,β-unsaturated/α-hetero) is 1. The summed E-state index contributed by atoms with van der Waals surface area (Å²) in [5.74, 6) is -0.660. The summed E-state index contributed by atoms with van der Waals surface area (Å²) in [6, 6.07) is 12.3. The first-order valence-corrected chi connectivity index (χ1v) is 9.71. The van der Waals surface area contributed by atoms with Gasteiger partial charge < -0.3 is 15.0 Å². The summed E-state index contributed by atoms with van der Waals surface area (Å²) in [5, 5.41) is 4.59. The molecule has 1 amide bonds. The normalized spacial score (nSPS) is 13.0. The highest BCUT2D eigenvalue weighted by atomic mass is 32.1. The molecule has 7 heteroatoms. The summed E-state index contributed by atoms with van der Waals surface area (Å²) in [4.78, 5) is 38.7. The standard InChI is InChI=1S/C21H20N2O4S/c24-18(19-9-5-13-28-19)15-23-11-4-8-17(14-23)20(25)22-10-12-27-21(26)16-6-2-1-3-7-16/h1-7,9,11,13-14H,8,10,12,15H2,(H,22,25). The number of amides is 1. The zero-order chi connectivity index (χ0) is 19.8. The molecule has 0 bridgehead atoms. The van der Waals surface area contributed by atoms with Crippen molar-refractivity contribution in [2.75, 3.05) is 19.7 Å². The highest BCUT2D eigenvalue weighted by molar-refractivity contribution is 7.12. The van der Waals surface area contributed by atoms with Crippen LogP contribution in [0.3, 0.4) is 0 Å². The van der Waals surface area contributed by atoms with Crippen LogP contribution < -0.4 is 5.32 Å². The molecule has 0 saturated carbocycles. The second-order valence-electron chi connectivity index (χ2n) is 6.07. The van der Waals surface area contributed by atoms with E-state index >= 15 is 0 Å². The lowest BCUT2D eigenvalue weighted by atomic mass is 10.1. The molecule has 0 fully saturated rings. The van der Waals surface area contributed by atoms with Crippen molar-refractivity contribution in [3.05, 3.63) is 82.3 Å². The van der Waals surface area contributed by atoms with Crippen LogP contribution in [0.25, 0.3) is 0 Å². The molecule has 1 aliphatic rings. The van der Waals surface area contributed by atoms with Crippen LogP contribution in [-0.2, 0) is 9.53 Å². The largest absolute Gasteiger partial charge is 0.460 e. The van der Waals surface area contributed by atoms with E-state index in [-0.39, 0.29) is 31.4 Å². The molecule has 144 valence electrons. The van der Waals surface area contributed by atoms with Gasteiger partial charge in [0.2, 0.25) is 5.91 Å². The van der Waals surface area contributed by atoms with E-state index in [2.05, 4.69) is 5.32 Å². The number of hydrogen-bond donors (Lipinski definition) is 1. The Bertz CT molecular complexity index is 888. The highest BCUT2D eigenvalue weighted by Crippen LogP contribution is 2.15. The van der Waals surface area contributed by atoms with Crippen LogP contribution >= 0.6 is 11.3 Å². The minimum atomic E-state index is -0.423. The van der Waals surface area contributed by atoms with Crippen LogP contribution in [0.1, 0.15) is 26.5 Å². The summed E-state index contributed by atoms with van der Waals surface area (Å²) in [5.41, 5.74) is 1.02. The van der Waals surface area contributed by atoms with Crippen LogP contribution in [0, 0.1) is 0 Å². The van der Waals surface area contributed by atoms with E-state index < -0.39 is 5.97 Å². The molecule has 28 heavy (non-hydrogen) atoms. The predicted molar refractivity (Wildman–Crippen MR) is 107 cm³/mol. The molecule has 0 spiro atoms. The Hall–Kier alpha value is -3.19. The molecule has 0 atom stereocenters. The third kappa shape index (κ3) is 5.40. The van der Waals surface area contributed by atoms with Crippen LogP contribution in [-0.4, -0.2) is 42.3 Å². The fourth-order valence-electron chi connectivity index (χ4n) is 2.62. The van der Waals surface area contributed by atoms with Gasteiger partial charge in [-0.2, -0.15) is 0 Å². The van der Waals surface area contributed by atoms with E-state index in [1.54, 1.807) is 47.6 Å². The van der Waals surface area contributed by atoms with Gasteiger partial charge in [-0.15, -0.1) is 11.3 Å². The summed E-state index contributed by atoms with van der Waals surface area (Å²) < 4.78 is 5.14. The molecular weight excluding hydrogens is 376 g/mol. The molecule has 2 heterocycles. The van der Waals surface area contributed by atoms with E-state index in [0.717, 1.165) is 0 Å². The number of ketones is 1. The number of carbonyl (C=O) groups excluding carboxylic acids is 3. The molecule has 1 aromatic carbocycles. The van der Waals surface area contributed by atoms with Gasteiger partial charge in [0, 0.05) is 18.0 Å². The summed E-state index contributed by atoms with van der Waals surface area (Å²) in [6.07, 6.45) is 5.80. The lowest BCUT2D eigenvalue weighted by molar-refractivity contribution is -0.117. The Morgan fingerprint density at radius 2 is 1.93 bits per heavy atom. The number of ether oxygens (including phenoxy) is 1. The third-order valence-corrected chi connectivity index (χ3v) is 4.91. The average Bonchev–Trinajstić information content (AvgIpc) is 3.27. The maximum absolute atomic E-state index is 12.3. The lowest BCUT2D eigenvalue weighted by Gasteiger charge is -2.20. The second-order valence-corrected chi connectivity index (χ2v) is 7.02. The highest BCUT2D eigenvalue weighted by Gasteiger charge is 2.16. The van der Waals surface area contributed by atoms with Crippen LogP contribution in [0.2, 0.25) is 0 Å². The van der Waals surface area contributed by atoms with Crippen molar-refractivity contribution < 1.29 is 19.1 Å². The predicted octanol–water partition coefficient (Wildman–Crippen LogP) is 3.01. The van der Waals surface area contributed by atoms with Crippen LogP contribution in [0.15, 0.2) is 71.9 Å². The smallest absolute Gasteiger partial charge is 0.338 e. The lowest BCUT2D eigenvalue weighted by Crippen LogP contribution is -2.31.